The van der Waals surface area contributed by atoms with Gasteiger partial charge in [-0.3, -0.25) is 0 Å². The maximum absolute atomic E-state index is 6.21. The van der Waals surface area contributed by atoms with E-state index in [2.05, 4.69) is 183 Å². The van der Waals surface area contributed by atoms with Crippen molar-refractivity contribution in [3.05, 3.63) is 168 Å². The Morgan fingerprint density at radius 2 is 0.919 bits per heavy atom. The predicted molar refractivity (Wildman–Crippen MR) is 266 cm³/mol. The zero-order chi connectivity index (χ0) is 42.7. The molecular weight excluding hydrogens is 753 g/mol. The molecule has 0 N–H and O–H groups in total. The third-order valence-electron chi connectivity index (χ3n) is 13.5. The highest BCUT2D eigenvalue weighted by atomic mass is 16.5. The fourth-order valence-electron chi connectivity index (χ4n) is 10.2. The van der Waals surface area contributed by atoms with Crippen molar-refractivity contribution in [3.63, 3.8) is 0 Å². The number of benzene rings is 6. The number of aromatic nitrogens is 1. The first-order chi connectivity index (χ1) is 30.3. The molecule has 2 heterocycles. The minimum atomic E-state index is 0.289. The monoisotopic (exact) mass is 823 g/mol. The molecule has 0 aliphatic carbocycles. The van der Waals surface area contributed by atoms with Gasteiger partial charge in [0.05, 0.1) is 11.4 Å². The van der Waals surface area contributed by atoms with Crippen molar-refractivity contribution >= 4 is 33.2 Å². The first-order valence-electron chi connectivity index (χ1n) is 24.1. The second-order valence-electron chi connectivity index (χ2n) is 19.3. The molecule has 6 aromatic carbocycles. The van der Waals surface area contributed by atoms with Crippen LogP contribution in [0.25, 0.3) is 21.8 Å². The number of ether oxygens (including phenoxy) is 1. The molecule has 2 unspecified atom stereocenters. The summed E-state index contributed by atoms with van der Waals surface area (Å²) in [5, 5.41) is 2.76. The van der Waals surface area contributed by atoms with E-state index in [0.717, 1.165) is 43.9 Å². The zero-order valence-corrected chi connectivity index (χ0v) is 38.1. The number of hydrogen-bond acceptors (Lipinski definition) is 2. The van der Waals surface area contributed by atoms with Crippen molar-refractivity contribution in [1.29, 1.82) is 0 Å². The van der Waals surface area contributed by atoms with Crippen LogP contribution >= 0.6 is 0 Å². The molecule has 1 aromatic heterocycles. The number of nitrogens with zero attached hydrogens (tertiary/aromatic N) is 2. The van der Waals surface area contributed by atoms with Crippen LogP contribution in [0.3, 0.4) is 0 Å². The van der Waals surface area contributed by atoms with Crippen LogP contribution < -0.4 is 9.64 Å². The summed E-state index contributed by atoms with van der Waals surface area (Å²) < 4.78 is 8.75. The lowest BCUT2D eigenvalue weighted by Crippen LogP contribution is -2.22. The van der Waals surface area contributed by atoms with Crippen LogP contribution in [0.2, 0.25) is 0 Å². The van der Waals surface area contributed by atoms with Gasteiger partial charge in [0.1, 0.15) is 0 Å². The van der Waals surface area contributed by atoms with Gasteiger partial charge in [0, 0.05) is 34.9 Å². The maximum atomic E-state index is 6.21. The molecule has 0 saturated carbocycles. The molecule has 0 radical (unpaired) electrons. The van der Waals surface area contributed by atoms with E-state index in [9.17, 15) is 0 Å². The van der Waals surface area contributed by atoms with Crippen molar-refractivity contribution in [2.24, 2.45) is 5.41 Å². The van der Waals surface area contributed by atoms with Crippen LogP contribution in [0.1, 0.15) is 139 Å². The molecule has 2 atom stereocenters. The number of unbranched alkanes of at least 4 members (excludes halogenated alkanes) is 6. The summed E-state index contributed by atoms with van der Waals surface area (Å²) >= 11 is 0. The van der Waals surface area contributed by atoms with Crippen molar-refractivity contribution in [1.82, 2.24) is 4.57 Å². The molecule has 3 heteroatoms. The number of anilines is 2. The summed E-state index contributed by atoms with van der Waals surface area (Å²) in [6.45, 7) is 11.7. The zero-order valence-electron chi connectivity index (χ0n) is 38.1. The van der Waals surface area contributed by atoms with Gasteiger partial charge in [-0.2, -0.15) is 0 Å². The summed E-state index contributed by atoms with van der Waals surface area (Å²) in [6.07, 6.45) is 17.3. The fraction of sp³-hybridized carbons (Fsp3) is 0.390. The van der Waals surface area contributed by atoms with E-state index in [-0.39, 0.29) is 5.41 Å². The van der Waals surface area contributed by atoms with Crippen molar-refractivity contribution in [3.8, 4) is 11.5 Å². The molecule has 3 nitrogen and oxygen atoms in total. The minimum Gasteiger partial charge on any atom is -0.453 e. The molecule has 0 spiro atoms. The molecule has 7 aromatic rings. The molecular formula is C59H70N2O. The number of hydrogen-bond donors (Lipinski definition) is 0. The van der Waals surface area contributed by atoms with E-state index in [4.69, 9.17) is 4.74 Å². The summed E-state index contributed by atoms with van der Waals surface area (Å²) in [4.78, 5) is 2.44. The summed E-state index contributed by atoms with van der Waals surface area (Å²) in [5.74, 6) is 3.08. The molecule has 1 aliphatic heterocycles. The first-order valence-corrected chi connectivity index (χ1v) is 24.1. The average Bonchev–Trinajstić information content (AvgIpc) is 3.61. The largest absolute Gasteiger partial charge is 0.453 e. The molecule has 8 rings (SSSR count). The highest BCUT2D eigenvalue weighted by Gasteiger charge is 2.24. The molecule has 322 valence electrons. The lowest BCUT2D eigenvalue weighted by atomic mass is 9.77. The number of para-hydroxylation sites is 6. The summed E-state index contributed by atoms with van der Waals surface area (Å²) in [5.41, 5.74) is 11.3. The predicted octanol–water partition coefficient (Wildman–Crippen LogP) is 17.1. The van der Waals surface area contributed by atoms with E-state index < -0.39 is 0 Å². The Morgan fingerprint density at radius 3 is 1.48 bits per heavy atom. The van der Waals surface area contributed by atoms with Gasteiger partial charge in [0.2, 0.25) is 0 Å². The fourth-order valence-corrected chi connectivity index (χ4v) is 10.2. The van der Waals surface area contributed by atoms with Gasteiger partial charge in [0.15, 0.2) is 11.5 Å². The minimum absolute atomic E-state index is 0.289. The lowest BCUT2D eigenvalue weighted by molar-refractivity contribution is 0.323. The van der Waals surface area contributed by atoms with Gasteiger partial charge in [-0.1, -0.05) is 163 Å². The first kappa shape index (κ1) is 43.4. The average molecular weight is 823 g/mol. The molecule has 0 saturated heterocycles. The van der Waals surface area contributed by atoms with E-state index in [1.54, 1.807) is 0 Å². The molecule has 0 fully saturated rings. The van der Waals surface area contributed by atoms with Gasteiger partial charge in [-0.15, -0.1) is 0 Å². The van der Waals surface area contributed by atoms with E-state index >= 15 is 0 Å². The van der Waals surface area contributed by atoms with Gasteiger partial charge >= 0.3 is 0 Å². The van der Waals surface area contributed by atoms with Gasteiger partial charge < -0.3 is 14.2 Å². The second-order valence-corrected chi connectivity index (χ2v) is 19.3. The van der Waals surface area contributed by atoms with Gasteiger partial charge in [-0.25, -0.2) is 0 Å². The maximum Gasteiger partial charge on any atom is 0.151 e. The SMILES string of the molecule is CCC(CCC(CC(C)(C)C)c1ccc(CCCCN2c3ccccc3Oc3ccccc32)cc1)c1ccc(CCCCCCCCn2c3ccccc3c3ccccc32)cc1. The highest BCUT2D eigenvalue weighted by Crippen LogP contribution is 2.46. The Bertz CT molecular complexity index is 2370. The number of aryl methyl sites for hydroxylation is 3. The van der Waals surface area contributed by atoms with Crippen LogP contribution in [0.15, 0.2) is 146 Å². The third kappa shape index (κ3) is 10.8. The van der Waals surface area contributed by atoms with Crippen molar-refractivity contribution < 1.29 is 4.74 Å². The van der Waals surface area contributed by atoms with Crippen LogP contribution in [-0.2, 0) is 19.4 Å². The van der Waals surface area contributed by atoms with Crippen LogP contribution in [0.5, 0.6) is 11.5 Å². The highest BCUT2D eigenvalue weighted by molar-refractivity contribution is 6.07. The number of rotatable bonds is 21. The Morgan fingerprint density at radius 1 is 0.468 bits per heavy atom. The molecule has 1 aliphatic rings. The Kier molecular flexibility index (Phi) is 14.5. The standard InChI is InChI=1S/C59H70N2O/c1-5-47(48-36-32-45(33-37-48)22-10-8-6-7-9-20-42-60-53-26-13-11-24-51(53)52-25-12-14-27-54(52)60)40-41-50(44-59(2,3)4)49-38-34-46(35-39-49)23-19-21-43-61-55-28-15-17-30-57(55)62-58-31-18-16-29-56(58)61/h11-18,24-39,47,50H,5-10,19-23,40-44H2,1-4H3. The van der Waals surface area contributed by atoms with Crippen LogP contribution in [0.4, 0.5) is 11.4 Å². The van der Waals surface area contributed by atoms with E-state index in [1.807, 2.05) is 0 Å². The summed E-state index contributed by atoms with van der Waals surface area (Å²) in [6, 6.07) is 54.1. The van der Waals surface area contributed by atoms with Gasteiger partial charge in [0.25, 0.3) is 0 Å². The van der Waals surface area contributed by atoms with Crippen molar-refractivity contribution in [2.45, 2.75) is 136 Å². The Labute approximate surface area is 373 Å². The smallest absolute Gasteiger partial charge is 0.151 e. The third-order valence-corrected chi connectivity index (χ3v) is 13.5. The lowest BCUT2D eigenvalue weighted by Gasteiger charge is -2.32. The summed E-state index contributed by atoms with van der Waals surface area (Å²) in [7, 11) is 0. The Hall–Kier alpha value is -5.28. The van der Waals surface area contributed by atoms with Gasteiger partial charge in [-0.05, 0) is 140 Å². The Balaban J connectivity index is 0.765. The number of fused-ring (bicyclic) bond motifs is 5. The van der Waals surface area contributed by atoms with Crippen molar-refractivity contribution in [2.75, 3.05) is 11.4 Å². The van der Waals surface area contributed by atoms with E-state index in [1.165, 1.54) is 126 Å². The normalized spacial score (nSPS) is 13.5. The second kappa shape index (κ2) is 20.7. The quantitative estimate of drug-likeness (QED) is 0.0672. The molecule has 0 bridgehead atoms. The topological polar surface area (TPSA) is 17.4 Å². The molecule has 0 amide bonds. The van der Waals surface area contributed by atoms with E-state index in [0.29, 0.717) is 11.8 Å². The van der Waals surface area contributed by atoms with Crippen LogP contribution in [0, 0.1) is 5.41 Å². The van der Waals surface area contributed by atoms with Crippen LogP contribution in [-0.4, -0.2) is 11.1 Å². The molecule has 62 heavy (non-hydrogen) atoms.